The highest BCUT2D eigenvalue weighted by molar-refractivity contribution is 6.35. The van der Waals surface area contributed by atoms with Crippen LogP contribution in [0.4, 0.5) is 10.1 Å². The van der Waals surface area contributed by atoms with Crippen molar-refractivity contribution in [3.05, 3.63) is 82.4 Å². The number of aromatic nitrogens is 1. The molecule has 0 aliphatic heterocycles. The molecule has 5 nitrogen and oxygen atoms in total. The summed E-state index contributed by atoms with van der Waals surface area (Å²) in [7, 11) is 3.21. The maximum Gasteiger partial charge on any atom is 0.199 e. The zero-order chi connectivity index (χ0) is 19.8. The summed E-state index contributed by atoms with van der Waals surface area (Å²) in [5, 5.41) is 3.01. The second kappa shape index (κ2) is 9.54. The van der Waals surface area contributed by atoms with Crippen molar-refractivity contribution in [2.45, 2.75) is 0 Å². The molecule has 0 aliphatic rings. The summed E-state index contributed by atoms with van der Waals surface area (Å²) < 4.78 is 18.9. The Morgan fingerprint density at radius 2 is 1.93 bits per heavy atom. The Hall–Kier alpha value is -3.12. The lowest BCUT2D eigenvalue weighted by atomic mass is 10.0. The van der Waals surface area contributed by atoms with Gasteiger partial charge < -0.3 is 15.0 Å². The summed E-state index contributed by atoms with van der Waals surface area (Å²) in [5.41, 5.74) is 1.25. The van der Waals surface area contributed by atoms with Gasteiger partial charge in [-0.3, -0.25) is 9.59 Å². The zero-order valence-electron chi connectivity index (χ0n) is 14.8. The Balaban J connectivity index is 0.000000273. The lowest BCUT2D eigenvalue weighted by molar-refractivity contribution is 0.103. The number of ether oxygens (including phenoxy) is 1. The van der Waals surface area contributed by atoms with Crippen LogP contribution in [0.25, 0.3) is 0 Å². The van der Waals surface area contributed by atoms with E-state index >= 15 is 0 Å². The number of carbonyl (C=O) groups is 2. The number of benzene rings is 2. The van der Waals surface area contributed by atoms with E-state index in [4.69, 9.17) is 16.3 Å². The zero-order valence-corrected chi connectivity index (χ0v) is 15.5. The monoisotopic (exact) mass is 388 g/mol. The van der Waals surface area contributed by atoms with Crippen LogP contribution in [0.3, 0.4) is 0 Å². The van der Waals surface area contributed by atoms with Gasteiger partial charge in [0, 0.05) is 24.5 Å². The SMILES string of the molecule is CNc1ccccc1.COc1ccc(Cl)c(C(=O)c2c[nH]c(C=O)c2)c1F. The summed E-state index contributed by atoms with van der Waals surface area (Å²) in [6.07, 6.45) is 1.88. The van der Waals surface area contributed by atoms with Gasteiger partial charge in [0.2, 0.25) is 0 Å². The molecule has 0 bridgehead atoms. The Bertz CT molecular complexity index is 926. The highest BCUT2D eigenvalue weighted by atomic mass is 35.5. The van der Waals surface area contributed by atoms with Crippen LogP contribution in [0.5, 0.6) is 5.75 Å². The molecule has 1 aromatic heterocycles. The molecule has 3 aromatic rings. The number of para-hydroxylation sites is 1. The van der Waals surface area contributed by atoms with Gasteiger partial charge in [-0.15, -0.1) is 0 Å². The molecule has 0 atom stereocenters. The number of ketones is 1. The molecule has 2 aromatic carbocycles. The number of hydrogen-bond acceptors (Lipinski definition) is 4. The van der Waals surface area contributed by atoms with E-state index in [9.17, 15) is 14.0 Å². The molecule has 0 saturated carbocycles. The molecule has 0 saturated heterocycles. The fourth-order valence-electron chi connectivity index (χ4n) is 2.26. The van der Waals surface area contributed by atoms with Gasteiger partial charge in [0.15, 0.2) is 23.6 Å². The van der Waals surface area contributed by atoms with Crippen LogP contribution in [0.1, 0.15) is 26.4 Å². The number of aldehydes is 1. The molecule has 0 unspecified atom stereocenters. The molecule has 3 rings (SSSR count). The summed E-state index contributed by atoms with van der Waals surface area (Å²) in [6, 6.07) is 14.1. The van der Waals surface area contributed by atoms with Gasteiger partial charge in [-0.25, -0.2) is 4.39 Å². The number of nitrogens with one attached hydrogen (secondary N) is 2. The van der Waals surface area contributed by atoms with Crippen molar-refractivity contribution < 1.29 is 18.7 Å². The summed E-state index contributed by atoms with van der Waals surface area (Å²) in [6.45, 7) is 0. The number of H-pyrrole nitrogens is 1. The van der Waals surface area contributed by atoms with E-state index in [1.54, 1.807) is 0 Å². The van der Waals surface area contributed by atoms with Crippen LogP contribution < -0.4 is 10.1 Å². The maximum absolute atomic E-state index is 14.0. The Kier molecular flexibility index (Phi) is 7.14. The molecular formula is C20H18ClFN2O3. The first-order valence-corrected chi connectivity index (χ1v) is 8.32. The van der Waals surface area contributed by atoms with Gasteiger partial charge in [-0.1, -0.05) is 29.8 Å². The van der Waals surface area contributed by atoms with Crippen molar-refractivity contribution in [2.75, 3.05) is 19.5 Å². The second-order valence-corrected chi connectivity index (χ2v) is 5.75. The van der Waals surface area contributed by atoms with Crippen molar-refractivity contribution in [3.63, 3.8) is 0 Å². The van der Waals surface area contributed by atoms with Crippen molar-refractivity contribution in [1.82, 2.24) is 4.98 Å². The third-order valence-corrected chi connectivity index (χ3v) is 3.97. The van der Waals surface area contributed by atoms with Gasteiger partial charge in [0.1, 0.15) is 0 Å². The molecule has 0 amide bonds. The average molecular weight is 389 g/mol. The lowest BCUT2D eigenvalue weighted by Gasteiger charge is -2.07. The van der Waals surface area contributed by atoms with Crippen LogP contribution in [0.15, 0.2) is 54.7 Å². The smallest absolute Gasteiger partial charge is 0.199 e. The minimum Gasteiger partial charge on any atom is -0.494 e. The Morgan fingerprint density at radius 1 is 1.22 bits per heavy atom. The van der Waals surface area contributed by atoms with E-state index in [0.717, 1.165) is 5.69 Å². The number of aromatic amines is 1. The van der Waals surface area contributed by atoms with E-state index in [0.29, 0.717) is 6.29 Å². The van der Waals surface area contributed by atoms with Crippen molar-refractivity contribution >= 4 is 29.4 Å². The van der Waals surface area contributed by atoms with Gasteiger partial charge in [0.05, 0.1) is 23.4 Å². The van der Waals surface area contributed by atoms with Gasteiger partial charge in [-0.05, 0) is 30.3 Å². The minimum absolute atomic E-state index is 0.0165. The predicted octanol–water partition coefficient (Wildman–Crippen LogP) is 4.59. The van der Waals surface area contributed by atoms with Crippen LogP contribution in [-0.2, 0) is 0 Å². The van der Waals surface area contributed by atoms with E-state index in [-0.39, 0.29) is 27.6 Å². The average Bonchev–Trinajstić information content (AvgIpc) is 3.18. The number of hydrogen-bond donors (Lipinski definition) is 2. The van der Waals surface area contributed by atoms with Crippen LogP contribution >= 0.6 is 11.6 Å². The molecule has 0 fully saturated rings. The molecule has 7 heteroatoms. The molecule has 0 spiro atoms. The third-order valence-electron chi connectivity index (χ3n) is 3.66. The van der Waals surface area contributed by atoms with Gasteiger partial charge >= 0.3 is 0 Å². The van der Waals surface area contributed by atoms with Crippen LogP contribution in [0.2, 0.25) is 5.02 Å². The van der Waals surface area contributed by atoms with E-state index < -0.39 is 11.6 Å². The number of methoxy groups -OCH3 is 1. The number of anilines is 1. The van der Waals surface area contributed by atoms with E-state index in [1.165, 1.54) is 31.5 Å². The van der Waals surface area contributed by atoms with E-state index in [2.05, 4.69) is 10.3 Å². The quantitative estimate of drug-likeness (QED) is 0.495. The second-order valence-electron chi connectivity index (χ2n) is 5.35. The minimum atomic E-state index is -0.825. The Morgan fingerprint density at radius 3 is 2.44 bits per heavy atom. The van der Waals surface area contributed by atoms with Crippen LogP contribution in [0, 0.1) is 5.82 Å². The highest BCUT2D eigenvalue weighted by Crippen LogP contribution is 2.29. The number of halogens is 2. The van der Waals surface area contributed by atoms with Gasteiger partial charge in [-0.2, -0.15) is 0 Å². The predicted molar refractivity (Wildman–Crippen MR) is 104 cm³/mol. The largest absolute Gasteiger partial charge is 0.494 e. The third kappa shape index (κ3) is 4.95. The molecule has 1 heterocycles. The fourth-order valence-corrected chi connectivity index (χ4v) is 2.49. The Labute approximate surface area is 161 Å². The molecule has 2 N–H and O–H groups in total. The normalized spacial score (nSPS) is 9.78. The molecular weight excluding hydrogens is 371 g/mol. The van der Waals surface area contributed by atoms with Gasteiger partial charge in [0.25, 0.3) is 0 Å². The molecule has 140 valence electrons. The summed E-state index contributed by atoms with van der Waals surface area (Å²) >= 11 is 5.85. The number of carbonyl (C=O) groups excluding carboxylic acids is 2. The van der Waals surface area contributed by atoms with E-state index in [1.807, 2.05) is 37.4 Å². The first kappa shape index (κ1) is 20.2. The molecule has 0 radical (unpaired) electrons. The first-order chi connectivity index (χ1) is 13.0. The summed E-state index contributed by atoms with van der Waals surface area (Å²) in [4.78, 5) is 25.3. The standard InChI is InChI=1S/C13H9ClFNO3.C7H9N/c1-19-10-3-2-9(14)11(12(10)15)13(18)7-4-8(6-17)16-5-7;1-8-7-5-3-2-4-6-7/h2-6,16H,1H3;2-6,8H,1H3. The molecule has 0 aliphatic carbocycles. The molecule has 27 heavy (non-hydrogen) atoms. The first-order valence-electron chi connectivity index (χ1n) is 7.94. The highest BCUT2D eigenvalue weighted by Gasteiger charge is 2.22. The fraction of sp³-hybridized carbons (Fsp3) is 0.100. The number of rotatable bonds is 5. The van der Waals surface area contributed by atoms with Crippen molar-refractivity contribution in [1.29, 1.82) is 0 Å². The van der Waals surface area contributed by atoms with Crippen molar-refractivity contribution in [3.8, 4) is 5.75 Å². The lowest BCUT2D eigenvalue weighted by Crippen LogP contribution is -2.06. The van der Waals surface area contributed by atoms with Crippen molar-refractivity contribution in [2.24, 2.45) is 0 Å². The summed E-state index contributed by atoms with van der Waals surface area (Å²) in [5.74, 6) is -1.52. The topological polar surface area (TPSA) is 71.2 Å². The maximum atomic E-state index is 14.0. The van der Waals surface area contributed by atoms with Crippen LogP contribution in [-0.4, -0.2) is 31.2 Å².